The third kappa shape index (κ3) is 2.13. The molecule has 2 aliphatic rings. The van der Waals surface area contributed by atoms with E-state index in [1.807, 2.05) is 0 Å². The Morgan fingerprint density at radius 1 is 1.00 bits per heavy atom. The van der Waals surface area contributed by atoms with Crippen LogP contribution in [0.4, 0.5) is 0 Å². The van der Waals surface area contributed by atoms with Crippen molar-refractivity contribution in [3.05, 3.63) is 0 Å². The molecule has 0 aromatic carbocycles. The molecule has 1 nitrogen and oxygen atoms in total. The van der Waals surface area contributed by atoms with Crippen molar-refractivity contribution in [3.8, 4) is 0 Å². The van der Waals surface area contributed by atoms with Gasteiger partial charge in [-0.05, 0) is 37.0 Å². The van der Waals surface area contributed by atoms with Crippen LogP contribution in [-0.4, -0.2) is 12.1 Å². The third-order valence-corrected chi connectivity index (χ3v) is 4.54. The van der Waals surface area contributed by atoms with Gasteiger partial charge in [0.15, 0.2) is 0 Å². The van der Waals surface area contributed by atoms with E-state index in [1.165, 1.54) is 32.1 Å². The molecular formula is C13H25N. The lowest BCUT2D eigenvalue weighted by Gasteiger charge is -2.44. The van der Waals surface area contributed by atoms with Crippen LogP contribution in [0.25, 0.3) is 0 Å². The monoisotopic (exact) mass is 195 g/mol. The van der Waals surface area contributed by atoms with E-state index in [4.69, 9.17) is 0 Å². The molecule has 2 saturated carbocycles. The van der Waals surface area contributed by atoms with Crippen molar-refractivity contribution in [2.45, 2.75) is 65.0 Å². The van der Waals surface area contributed by atoms with Crippen molar-refractivity contribution in [1.82, 2.24) is 5.32 Å². The van der Waals surface area contributed by atoms with Gasteiger partial charge in [-0.15, -0.1) is 0 Å². The SMILES string of the molecule is CC1CCCC(NC2CC(C)C2C)C1. The largest absolute Gasteiger partial charge is 0.311 e. The van der Waals surface area contributed by atoms with E-state index in [0.29, 0.717) is 0 Å². The topological polar surface area (TPSA) is 12.0 Å². The zero-order chi connectivity index (χ0) is 10.1. The fourth-order valence-electron chi connectivity index (χ4n) is 3.14. The van der Waals surface area contributed by atoms with E-state index >= 15 is 0 Å². The van der Waals surface area contributed by atoms with Crippen LogP contribution >= 0.6 is 0 Å². The standard InChI is InChI=1S/C13H25N/c1-9-5-4-6-12(7-9)14-13-8-10(2)11(13)3/h9-14H,4-8H2,1-3H3. The van der Waals surface area contributed by atoms with Crippen molar-refractivity contribution >= 4 is 0 Å². The van der Waals surface area contributed by atoms with Gasteiger partial charge in [-0.3, -0.25) is 0 Å². The van der Waals surface area contributed by atoms with Gasteiger partial charge >= 0.3 is 0 Å². The summed E-state index contributed by atoms with van der Waals surface area (Å²) in [5.41, 5.74) is 0. The fraction of sp³-hybridized carbons (Fsp3) is 1.00. The van der Waals surface area contributed by atoms with Gasteiger partial charge in [0.1, 0.15) is 0 Å². The molecule has 0 amide bonds. The molecule has 5 unspecified atom stereocenters. The Morgan fingerprint density at radius 2 is 1.79 bits per heavy atom. The van der Waals surface area contributed by atoms with Crippen molar-refractivity contribution in [3.63, 3.8) is 0 Å². The van der Waals surface area contributed by atoms with E-state index in [1.54, 1.807) is 0 Å². The van der Waals surface area contributed by atoms with Crippen LogP contribution in [0.3, 0.4) is 0 Å². The molecule has 0 saturated heterocycles. The summed E-state index contributed by atoms with van der Waals surface area (Å²) in [5.74, 6) is 2.81. The van der Waals surface area contributed by atoms with Gasteiger partial charge in [-0.25, -0.2) is 0 Å². The van der Waals surface area contributed by atoms with Gasteiger partial charge in [0, 0.05) is 12.1 Å². The van der Waals surface area contributed by atoms with Crippen LogP contribution < -0.4 is 5.32 Å². The summed E-state index contributed by atoms with van der Waals surface area (Å²) in [5, 5.41) is 3.87. The summed E-state index contributed by atoms with van der Waals surface area (Å²) < 4.78 is 0. The first-order valence-electron chi connectivity index (χ1n) is 6.43. The molecule has 1 N–H and O–H groups in total. The van der Waals surface area contributed by atoms with Crippen LogP contribution in [0.2, 0.25) is 0 Å². The average molecular weight is 195 g/mol. The zero-order valence-corrected chi connectivity index (χ0v) is 9.92. The zero-order valence-electron chi connectivity index (χ0n) is 9.92. The molecule has 14 heavy (non-hydrogen) atoms. The minimum atomic E-state index is 0.832. The van der Waals surface area contributed by atoms with E-state index < -0.39 is 0 Å². The highest BCUT2D eigenvalue weighted by Crippen LogP contribution is 2.35. The summed E-state index contributed by atoms with van der Waals surface area (Å²) in [6, 6.07) is 1.67. The third-order valence-electron chi connectivity index (χ3n) is 4.54. The molecule has 0 bridgehead atoms. The Balaban J connectivity index is 1.75. The quantitative estimate of drug-likeness (QED) is 0.713. The lowest BCUT2D eigenvalue weighted by Crippen LogP contribution is -2.52. The molecule has 0 heterocycles. The summed E-state index contributed by atoms with van der Waals surface area (Å²) in [6.45, 7) is 7.19. The smallest absolute Gasteiger partial charge is 0.0100 e. The second-order valence-electron chi connectivity index (χ2n) is 5.81. The molecule has 2 fully saturated rings. The first-order valence-corrected chi connectivity index (χ1v) is 6.43. The van der Waals surface area contributed by atoms with E-state index in [2.05, 4.69) is 26.1 Å². The summed E-state index contributed by atoms with van der Waals surface area (Å²) in [4.78, 5) is 0. The van der Waals surface area contributed by atoms with Crippen LogP contribution in [-0.2, 0) is 0 Å². The number of nitrogens with one attached hydrogen (secondary N) is 1. The second-order valence-corrected chi connectivity index (χ2v) is 5.81. The van der Waals surface area contributed by atoms with Crippen molar-refractivity contribution in [2.24, 2.45) is 17.8 Å². The highest BCUT2D eigenvalue weighted by atomic mass is 15.0. The van der Waals surface area contributed by atoms with Gasteiger partial charge in [0.25, 0.3) is 0 Å². The maximum Gasteiger partial charge on any atom is 0.0100 e. The highest BCUT2D eigenvalue weighted by molar-refractivity contribution is 4.92. The number of rotatable bonds is 2. The number of hydrogen-bond acceptors (Lipinski definition) is 1. The first kappa shape index (κ1) is 10.5. The van der Waals surface area contributed by atoms with Crippen LogP contribution in [0.5, 0.6) is 0 Å². The molecule has 5 atom stereocenters. The van der Waals surface area contributed by atoms with Gasteiger partial charge < -0.3 is 5.32 Å². The van der Waals surface area contributed by atoms with Crippen LogP contribution in [0, 0.1) is 17.8 Å². The maximum absolute atomic E-state index is 3.87. The predicted octanol–water partition coefficient (Wildman–Crippen LogP) is 3.20. The minimum absolute atomic E-state index is 0.832. The Labute approximate surface area is 88.7 Å². The molecule has 1 heteroatoms. The molecular weight excluding hydrogens is 170 g/mol. The molecule has 0 radical (unpaired) electrons. The van der Waals surface area contributed by atoms with E-state index in [9.17, 15) is 0 Å². The van der Waals surface area contributed by atoms with Gasteiger partial charge in [0.05, 0.1) is 0 Å². The fourth-order valence-corrected chi connectivity index (χ4v) is 3.14. The Morgan fingerprint density at radius 3 is 2.36 bits per heavy atom. The van der Waals surface area contributed by atoms with E-state index in [0.717, 1.165) is 29.8 Å². The molecule has 82 valence electrons. The highest BCUT2D eigenvalue weighted by Gasteiger charge is 2.35. The van der Waals surface area contributed by atoms with Crippen LogP contribution in [0.15, 0.2) is 0 Å². The maximum atomic E-state index is 3.87. The van der Waals surface area contributed by atoms with E-state index in [-0.39, 0.29) is 0 Å². The van der Waals surface area contributed by atoms with Crippen molar-refractivity contribution in [1.29, 1.82) is 0 Å². The lowest BCUT2D eigenvalue weighted by molar-refractivity contribution is 0.113. The Bertz CT molecular complexity index is 190. The van der Waals surface area contributed by atoms with Gasteiger partial charge in [0.2, 0.25) is 0 Å². The Hall–Kier alpha value is -0.0400. The average Bonchev–Trinajstić information content (AvgIpc) is 2.17. The predicted molar refractivity (Wildman–Crippen MR) is 61.3 cm³/mol. The van der Waals surface area contributed by atoms with Crippen molar-refractivity contribution < 1.29 is 0 Å². The molecule has 0 aromatic heterocycles. The van der Waals surface area contributed by atoms with Gasteiger partial charge in [-0.1, -0.05) is 33.6 Å². The second kappa shape index (κ2) is 4.22. The minimum Gasteiger partial charge on any atom is -0.311 e. The lowest BCUT2D eigenvalue weighted by atomic mass is 9.71. The van der Waals surface area contributed by atoms with Gasteiger partial charge in [-0.2, -0.15) is 0 Å². The summed E-state index contributed by atoms with van der Waals surface area (Å²) in [7, 11) is 0. The summed E-state index contributed by atoms with van der Waals surface area (Å²) >= 11 is 0. The first-order chi connectivity index (χ1) is 6.66. The molecule has 0 aromatic rings. The Kier molecular flexibility index (Phi) is 3.16. The normalized spacial score (nSPS) is 48.6. The molecule has 2 aliphatic carbocycles. The molecule has 2 rings (SSSR count). The molecule has 0 aliphatic heterocycles. The number of hydrogen-bond donors (Lipinski definition) is 1. The van der Waals surface area contributed by atoms with Crippen molar-refractivity contribution in [2.75, 3.05) is 0 Å². The summed E-state index contributed by atoms with van der Waals surface area (Å²) in [6.07, 6.45) is 7.13. The molecule has 0 spiro atoms. The van der Waals surface area contributed by atoms with Crippen LogP contribution in [0.1, 0.15) is 52.9 Å².